The molecule has 1 saturated heterocycles. The number of rotatable bonds is 7. The highest BCUT2D eigenvalue weighted by atomic mass is 16.7. The lowest BCUT2D eigenvalue weighted by Gasteiger charge is -2.48. The van der Waals surface area contributed by atoms with Crippen molar-refractivity contribution in [3.8, 4) is 0 Å². The number of amides is 1. The maximum absolute atomic E-state index is 11.8. The number of carbonyl (C=O) groups excluding carboxylic acids is 1. The highest BCUT2D eigenvalue weighted by Crippen LogP contribution is 2.42. The van der Waals surface area contributed by atoms with Gasteiger partial charge in [-0.25, -0.2) is 0 Å². The summed E-state index contributed by atoms with van der Waals surface area (Å²) >= 11 is 0. The van der Waals surface area contributed by atoms with Crippen LogP contribution < -0.4 is 5.32 Å². The Kier molecular flexibility index (Phi) is 5.81. The molecule has 0 aromatic heterocycles. The minimum Gasteiger partial charge on any atom is -0.391 e. The zero-order chi connectivity index (χ0) is 14.4. The average molecular weight is 285 g/mol. The van der Waals surface area contributed by atoms with E-state index in [0.717, 1.165) is 19.3 Å². The smallest absolute Gasteiger partial charge is 0.220 e. The van der Waals surface area contributed by atoms with Crippen LogP contribution in [0.3, 0.4) is 0 Å². The summed E-state index contributed by atoms with van der Waals surface area (Å²) in [5, 5.41) is 13.2. The molecule has 0 unspecified atom stereocenters. The Labute approximate surface area is 121 Å². The fourth-order valence-electron chi connectivity index (χ4n) is 3.71. The van der Waals surface area contributed by atoms with Crippen molar-refractivity contribution in [3.63, 3.8) is 0 Å². The molecular formula is C15H27NO4. The van der Waals surface area contributed by atoms with Crippen molar-refractivity contribution in [1.29, 1.82) is 0 Å². The van der Waals surface area contributed by atoms with Gasteiger partial charge in [-0.3, -0.25) is 4.79 Å². The van der Waals surface area contributed by atoms with Gasteiger partial charge < -0.3 is 19.9 Å². The molecule has 0 aromatic carbocycles. The molecular weight excluding hydrogens is 258 g/mol. The number of piperidine rings is 1. The third kappa shape index (κ3) is 3.93. The van der Waals surface area contributed by atoms with Crippen LogP contribution in [0, 0.1) is 5.92 Å². The molecule has 1 saturated carbocycles. The van der Waals surface area contributed by atoms with E-state index in [-0.39, 0.29) is 18.2 Å². The second-order valence-corrected chi connectivity index (χ2v) is 6.16. The molecule has 2 rings (SSSR count). The topological polar surface area (TPSA) is 67.8 Å². The van der Waals surface area contributed by atoms with Gasteiger partial charge in [0.2, 0.25) is 5.91 Å². The molecule has 5 nitrogen and oxygen atoms in total. The van der Waals surface area contributed by atoms with Crippen molar-refractivity contribution in [2.45, 2.75) is 63.0 Å². The Balaban J connectivity index is 1.85. The summed E-state index contributed by atoms with van der Waals surface area (Å²) in [5.74, 6) is 0.759. The SMILES string of the molecule is COCOC[C@H](O)CC[C@@]12CCCC[C@H]1CCC(=O)N2. The number of aliphatic hydroxyl groups excluding tert-OH is 1. The van der Waals surface area contributed by atoms with Crippen molar-refractivity contribution in [2.75, 3.05) is 20.5 Å². The molecule has 20 heavy (non-hydrogen) atoms. The number of hydrogen-bond donors (Lipinski definition) is 2. The minimum absolute atomic E-state index is 0.0736. The third-order valence-corrected chi connectivity index (χ3v) is 4.75. The zero-order valence-electron chi connectivity index (χ0n) is 12.4. The van der Waals surface area contributed by atoms with Gasteiger partial charge in [0, 0.05) is 19.1 Å². The minimum atomic E-state index is -0.485. The number of nitrogens with one attached hydrogen (secondary N) is 1. The average Bonchev–Trinajstić information content (AvgIpc) is 2.45. The first-order chi connectivity index (χ1) is 9.66. The molecule has 0 aromatic rings. The Morgan fingerprint density at radius 2 is 2.30 bits per heavy atom. The molecule has 2 aliphatic rings. The second kappa shape index (κ2) is 7.38. The van der Waals surface area contributed by atoms with E-state index >= 15 is 0 Å². The van der Waals surface area contributed by atoms with Gasteiger partial charge >= 0.3 is 0 Å². The highest BCUT2D eigenvalue weighted by Gasteiger charge is 2.44. The van der Waals surface area contributed by atoms with Crippen molar-refractivity contribution in [3.05, 3.63) is 0 Å². The predicted octanol–water partition coefficient (Wildman–Crippen LogP) is 1.59. The molecule has 5 heteroatoms. The molecule has 2 N–H and O–H groups in total. The molecule has 0 bridgehead atoms. The van der Waals surface area contributed by atoms with Crippen molar-refractivity contribution in [1.82, 2.24) is 5.32 Å². The largest absolute Gasteiger partial charge is 0.391 e. The number of hydrogen-bond acceptors (Lipinski definition) is 4. The number of carbonyl (C=O) groups is 1. The van der Waals surface area contributed by atoms with Crippen LogP contribution in [0.2, 0.25) is 0 Å². The summed E-state index contributed by atoms with van der Waals surface area (Å²) in [6.07, 6.45) is 7.39. The van der Waals surface area contributed by atoms with Crippen LogP contribution in [-0.2, 0) is 14.3 Å². The van der Waals surface area contributed by atoms with E-state index in [9.17, 15) is 9.90 Å². The summed E-state index contributed by atoms with van der Waals surface area (Å²) < 4.78 is 9.97. The molecule has 0 spiro atoms. The normalized spacial score (nSPS) is 31.5. The summed E-state index contributed by atoms with van der Waals surface area (Å²) in [6.45, 7) is 0.504. The lowest BCUT2D eigenvalue weighted by atomic mass is 9.66. The highest BCUT2D eigenvalue weighted by molar-refractivity contribution is 5.77. The van der Waals surface area contributed by atoms with Gasteiger partial charge in [-0.05, 0) is 38.0 Å². The van der Waals surface area contributed by atoms with E-state index in [1.807, 2.05) is 0 Å². The summed E-state index contributed by atoms with van der Waals surface area (Å²) in [4.78, 5) is 11.8. The Morgan fingerprint density at radius 3 is 3.10 bits per heavy atom. The quantitative estimate of drug-likeness (QED) is 0.550. The maximum Gasteiger partial charge on any atom is 0.220 e. The van der Waals surface area contributed by atoms with E-state index in [1.54, 1.807) is 7.11 Å². The van der Waals surface area contributed by atoms with Gasteiger partial charge in [-0.1, -0.05) is 12.8 Å². The standard InChI is InChI=1S/C15H27NO4/c1-19-11-20-10-13(17)7-9-15-8-3-2-4-12(15)5-6-14(18)16-15/h12-13,17H,2-11H2,1H3,(H,16,18)/t12-,13+,15-/m0/s1. The van der Waals surface area contributed by atoms with E-state index in [0.29, 0.717) is 25.4 Å². The van der Waals surface area contributed by atoms with Crippen LogP contribution in [0.4, 0.5) is 0 Å². The lowest BCUT2D eigenvalue weighted by molar-refractivity contribution is -0.128. The van der Waals surface area contributed by atoms with Gasteiger partial charge in [0.1, 0.15) is 6.79 Å². The van der Waals surface area contributed by atoms with Gasteiger partial charge in [0.15, 0.2) is 0 Å². The number of aliphatic hydroxyl groups is 1. The first-order valence-electron chi connectivity index (χ1n) is 7.72. The van der Waals surface area contributed by atoms with Crippen molar-refractivity contribution in [2.24, 2.45) is 5.92 Å². The second-order valence-electron chi connectivity index (χ2n) is 6.16. The van der Waals surface area contributed by atoms with Gasteiger partial charge in [-0.15, -0.1) is 0 Å². The number of ether oxygens (including phenoxy) is 2. The van der Waals surface area contributed by atoms with E-state index in [4.69, 9.17) is 9.47 Å². The van der Waals surface area contributed by atoms with Crippen LogP contribution in [0.15, 0.2) is 0 Å². The van der Waals surface area contributed by atoms with Crippen LogP contribution in [0.25, 0.3) is 0 Å². The molecule has 3 atom stereocenters. The van der Waals surface area contributed by atoms with E-state index in [2.05, 4.69) is 5.32 Å². The first kappa shape index (κ1) is 15.7. The molecule has 0 radical (unpaired) electrons. The van der Waals surface area contributed by atoms with E-state index < -0.39 is 6.10 Å². The van der Waals surface area contributed by atoms with Gasteiger partial charge in [-0.2, -0.15) is 0 Å². The van der Waals surface area contributed by atoms with Gasteiger partial charge in [0.05, 0.1) is 12.7 Å². The third-order valence-electron chi connectivity index (χ3n) is 4.75. The Hall–Kier alpha value is -0.650. The Bertz CT molecular complexity index is 323. The Morgan fingerprint density at radius 1 is 1.45 bits per heavy atom. The van der Waals surface area contributed by atoms with Crippen LogP contribution >= 0.6 is 0 Å². The monoisotopic (exact) mass is 285 g/mol. The summed E-state index contributed by atoms with van der Waals surface area (Å²) in [6, 6.07) is 0. The molecule has 2 fully saturated rings. The molecule has 1 heterocycles. The number of fused-ring (bicyclic) bond motifs is 1. The molecule has 116 valence electrons. The van der Waals surface area contributed by atoms with Crippen LogP contribution in [0.1, 0.15) is 51.4 Å². The fourth-order valence-corrected chi connectivity index (χ4v) is 3.71. The zero-order valence-corrected chi connectivity index (χ0v) is 12.4. The summed E-state index contributed by atoms with van der Waals surface area (Å²) in [5.41, 5.74) is -0.0736. The predicted molar refractivity (Wildman–Crippen MR) is 75.1 cm³/mol. The fraction of sp³-hybridized carbons (Fsp3) is 0.933. The first-order valence-corrected chi connectivity index (χ1v) is 7.72. The lowest BCUT2D eigenvalue weighted by Crippen LogP contribution is -2.58. The van der Waals surface area contributed by atoms with E-state index in [1.165, 1.54) is 19.3 Å². The maximum atomic E-state index is 11.8. The summed E-state index contributed by atoms with van der Waals surface area (Å²) in [7, 11) is 1.57. The number of methoxy groups -OCH3 is 1. The molecule has 1 amide bonds. The molecule has 1 aliphatic heterocycles. The van der Waals surface area contributed by atoms with Crippen LogP contribution in [-0.4, -0.2) is 43.2 Å². The molecule has 1 aliphatic carbocycles. The van der Waals surface area contributed by atoms with Crippen molar-refractivity contribution >= 4 is 5.91 Å². The van der Waals surface area contributed by atoms with Crippen LogP contribution in [0.5, 0.6) is 0 Å². The van der Waals surface area contributed by atoms with Gasteiger partial charge in [0.25, 0.3) is 0 Å². The van der Waals surface area contributed by atoms with Crippen molar-refractivity contribution < 1.29 is 19.4 Å².